The molecule has 0 atom stereocenters. The van der Waals surface area contributed by atoms with Crippen LogP contribution in [-0.2, 0) is 6.18 Å². The Morgan fingerprint density at radius 3 is 2.27 bits per heavy atom. The summed E-state index contributed by atoms with van der Waals surface area (Å²) in [4.78, 5) is 11.8. The van der Waals surface area contributed by atoms with Crippen molar-refractivity contribution < 1.29 is 18.0 Å². The minimum absolute atomic E-state index is 0.113. The van der Waals surface area contributed by atoms with Gasteiger partial charge in [0.25, 0.3) is 0 Å². The van der Waals surface area contributed by atoms with Crippen LogP contribution in [-0.4, -0.2) is 5.78 Å². The van der Waals surface area contributed by atoms with Crippen LogP contribution in [0, 0.1) is 0 Å². The van der Waals surface area contributed by atoms with Crippen LogP contribution in [0.5, 0.6) is 0 Å². The summed E-state index contributed by atoms with van der Waals surface area (Å²) in [7, 11) is 0. The van der Waals surface area contributed by atoms with Gasteiger partial charge in [-0.15, -0.1) is 11.3 Å². The van der Waals surface area contributed by atoms with E-state index in [2.05, 4.69) is 0 Å². The van der Waals surface area contributed by atoms with E-state index in [0.29, 0.717) is 32.4 Å². The largest absolute Gasteiger partial charge is 0.426 e. The Morgan fingerprint density at radius 1 is 1.00 bits per heavy atom. The molecule has 0 spiro atoms. The van der Waals surface area contributed by atoms with Crippen molar-refractivity contribution in [3.8, 4) is 11.1 Å². The molecule has 3 rings (SSSR count). The number of allylic oxidation sites excluding steroid dienone is 1. The van der Waals surface area contributed by atoms with Crippen LogP contribution >= 0.6 is 22.9 Å². The smallest absolute Gasteiger partial charge is 0.289 e. The quantitative estimate of drug-likeness (QED) is 0.345. The lowest BCUT2D eigenvalue weighted by molar-refractivity contribution is -0.133. The molecule has 3 aromatic rings. The fourth-order valence-corrected chi connectivity index (χ4v) is 3.48. The van der Waals surface area contributed by atoms with E-state index in [9.17, 15) is 18.0 Å². The molecule has 6 heteroatoms. The lowest BCUT2D eigenvalue weighted by Gasteiger charge is -2.07. The van der Waals surface area contributed by atoms with Gasteiger partial charge in [-0.1, -0.05) is 41.9 Å². The normalized spacial score (nSPS) is 11.8. The number of benzene rings is 2. The van der Waals surface area contributed by atoms with E-state index in [1.54, 1.807) is 54.6 Å². The number of thiophene rings is 1. The average molecular weight is 393 g/mol. The Morgan fingerprint density at radius 2 is 1.65 bits per heavy atom. The summed E-state index contributed by atoms with van der Waals surface area (Å²) in [6.07, 6.45) is -1.78. The SMILES string of the molecule is O=C(/C=C/c1cc(-c2ccccc2)c(C(F)(F)F)s1)c1ccc(Cl)cc1. The topological polar surface area (TPSA) is 17.1 Å². The molecule has 0 amide bonds. The van der Waals surface area contributed by atoms with Gasteiger partial charge in [-0.25, -0.2) is 0 Å². The fourth-order valence-electron chi connectivity index (χ4n) is 2.40. The maximum absolute atomic E-state index is 13.4. The van der Waals surface area contributed by atoms with Gasteiger partial charge in [0.15, 0.2) is 5.78 Å². The molecule has 2 aromatic carbocycles. The predicted octanol–water partition coefficient (Wildman–Crippen LogP) is 6.98. The van der Waals surface area contributed by atoms with Crippen molar-refractivity contribution in [1.82, 2.24) is 0 Å². The maximum Gasteiger partial charge on any atom is 0.426 e. The second-order valence-electron chi connectivity index (χ2n) is 5.46. The number of hydrogen-bond donors (Lipinski definition) is 0. The molecule has 132 valence electrons. The lowest BCUT2D eigenvalue weighted by Crippen LogP contribution is -2.03. The van der Waals surface area contributed by atoms with Crippen LogP contribution in [0.4, 0.5) is 13.2 Å². The second kappa shape index (κ2) is 7.48. The Balaban J connectivity index is 1.92. The summed E-state index contributed by atoms with van der Waals surface area (Å²) < 4.78 is 40.1. The lowest BCUT2D eigenvalue weighted by atomic mass is 10.1. The van der Waals surface area contributed by atoms with Crippen molar-refractivity contribution >= 4 is 34.8 Å². The van der Waals surface area contributed by atoms with E-state index < -0.39 is 11.1 Å². The zero-order valence-electron chi connectivity index (χ0n) is 13.3. The first-order chi connectivity index (χ1) is 12.3. The summed E-state index contributed by atoms with van der Waals surface area (Å²) in [5.41, 5.74) is 1.02. The molecular weight excluding hydrogens is 381 g/mol. The summed E-state index contributed by atoms with van der Waals surface area (Å²) >= 11 is 6.39. The summed E-state index contributed by atoms with van der Waals surface area (Å²) in [5.74, 6) is -0.301. The molecule has 0 aliphatic rings. The first-order valence-electron chi connectivity index (χ1n) is 7.59. The van der Waals surface area contributed by atoms with Crippen molar-refractivity contribution in [3.63, 3.8) is 0 Å². The molecule has 0 aliphatic heterocycles. The Bertz CT molecular complexity index is 941. The molecule has 0 N–H and O–H groups in total. The van der Waals surface area contributed by atoms with Gasteiger partial charge in [-0.2, -0.15) is 13.2 Å². The van der Waals surface area contributed by atoms with Gasteiger partial charge in [-0.05, 0) is 48.0 Å². The molecule has 1 aromatic heterocycles. The summed E-state index contributed by atoms with van der Waals surface area (Å²) in [6, 6.07) is 16.1. The van der Waals surface area contributed by atoms with E-state index in [1.165, 1.54) is 18.2 Å². The molecule has 0 saturated heterocycles. The van der Waals surface area contributed by atoms with Gasteiger partial charge < -0.3 is 0 Å². The van der Waals surface area contributed by atoms with Crippen molar-refractivity contribution in [2.24, 2.45) is 0 Å². The van der Waals surface area contributed by atoms with Crippen molar-refractivity contribution in [1.29, 1.82) is 0 Å². The zero-order valence-corrected chi connectivity index (χ0v) is 14.8. The van der Waals surface area contributed by atoms with Crippen LogP contribution in [0.1, 0.15) is 20.1 Å². The highest BCUT2D eigenvalue weighted by Gasteiger charge is 2.36. The second-order valence-corrected chi connectivity index (χ2v) is 6.98. The predicted molar refractivity (Wildman–Crippen MR) is 99.6 cm³/mol. The number of carbonyl (C=O) groups excluding carboxylic acids is 1. The van der Waals surface area contributed by atoms with E-state index in [1.807, 2.05) is 0 Å². The summed E-state index contributed by atoms with van der Waals surface area (Å²) in [5, 5.41) is 0.506. The van der Waals surface area contributed by atoms with Crippen LogP contribution < -0.4 is 0 Å². The van der Waals surface area contributed by atoms with Crippen LogP contribution in [0.2, 0.25) is 5.02 Å². The number of halogens is 4. The molecule has 0 radical (unpaired) electrons. The minimum atomic E-state index is -4.46. The van der Waals surface area contributed by atoms with Gasteiger partial charge >= 0.3 is 6.18 Å². The zero-order chi connectivity index (χ0) is 18.7. The van der Waals surface area contributed by atoms with Gasteiger partial charge in [-0.3, -0.25) is 4.79 Å². The Hall–Kier alpha value is -2.37. The standard InChI is InChI=1S/C20H12ClF3OS/c21-15-8-6-14(7-9-15)18(25)11-10-16-12-17(13-4-2-1-3-5-13)19(26-16)20(22,23)24/h1-12H/b11-10+. The molecule has 0 unspecified atom stereocenters. The van der Waals surface area contributed by atoms with Crippen molar-refractivity contribution in [2.75, 3.05) is 0 Å². The van der Waals surface area contributed by atoms with Gasteiger partial charge in [0, 0.05) is 21.0 Å². The van der Waals surface area contributed by atoms with E-state index in [4.69, 9.17) is 11.6 Å². The molecular formula is C20H12ClF3OS. The first kappa shape index (κ1) is 18.4. The van der Waals surface area contributed by atoms with E-state index in [0.717, 1.165) is 0 Å². The van der Waals surface area contributed by atoms with E-state index >= 15 is 0 Å². The highest BCUT2D eigenvalue weighted by molar-refractivity contribution is 7.13. The number of hydrogen-bond acceptors (Lipinski definition) is 2. The monoisotopic (exact) mass is 392 g/mol. The van der Waals surface area contributed by atoms with Gasteiger partial charge in [0.1, 0.15) is 4.88 Å². The third kappa shape index (κ3) is 4.23. The molecule has 0 fully saturated rings. The molecule has 0 aliphatic carbocycles. The minimum Gasteiger partial charge on any atom is -0.289 e. The van der Waals surface area contributed by atoms with E-state index in [-0.39, 0.29) is 11.3 Å². The van der Waals surface area contributed by atoms with Crippen molar-refractivity contribution in [3.05, 3.63) is 87.1 Å². The fraction of sp³-hybridized carbons (Fsp3) is 0.0500. The number of rotatable bonds is 4. The van der Waals surface area contributed by atoms with Crippen LogP contribution in [0.15, 0.2) is 66.7 Å². The van der Waals surface area contributed by atoms with Gasteiger partial charge in [0.05, 0.1) is 0 Å². The number of alkyl halides is 3. The first-order valence-corrected chi connectivity index (χ1v) is 8.78. The molecule has 1 heterocycles. The maximum atomic E-state index is 13.4. The Labute approximate surface area is 157 Å². The summed E-state index contributed by atoms with van der Waals surface area (Å²) in [6.45, 7) is 0. The average Bonchev–Trinajstić information content (AvgIpc) is 3.06. The Kier molecular flexibility index (Phi) is 5.30. The highest BCUT2D eigenvalue weighted by atomic mass is 35.5. The third-order valence-electron chi connectivity index (χ3n) is 3.62. The molecule has 0 bridgehead atoms. The van der Waals surface area contributed by atoms with Crippen LogP contribution in [0.3, 0.4) is 0 Å². The highest BCUT2D eigenvalue weighted by Crippen LogP contribution is 2.43. The molecule has 26 heavy (non-hydrogen) atoms. The molecule has 1 nitrogen and oxygen atoms in total. The number of carbonyl (C=O) groups is 1. The molecule has 0 saturated carbocycles. The van der Waals surface area contributed by atoms with Crippen LogP contribution in [0.25, 0.3) is 17.2 Å². The van der Waals surface area contributed by atoms with Gasteiger partial charge in [0.2, 0.25) is 0 Å². The number of ketones is 1. The third-order valence-corrected chi connectivity index (χ3v) is 5.02. The van der Waals surface area contributed by atoms with Crippen molar-refractivity contribution in [2.45, 2.75) is 6.18 Å².